The zero-order valence-corrected chi connectivity index (χ0v) is 30.5. The minimum Gasteiger partial charge on any atom is -0.494 e. The number of hydrazine groups is 1. The van der Waals surface area contributed by atoms with Crippen molar-refractivity contribution in [3.63, 3.8) is 0 Å². The number of benzene rings is 5. The number of nitrogens with zero attached hydrogens (tertiary/aromatic N) is 4. The van der Waals surface area contributed by atoms with Gasteiger partial charge in [-0.05, 0) is 76.2 Å². The van der Waals surface area contributed by atoms with Gasteiger partial charge in [-0.1, -0.05) is 96.1 Å². The summed E-state index contributed by atoms with van der Waals surface area (Å²) in [4.78, 5) is 21.9. The lowest BCUT2D eigenvalue weighted by molar-refractivity contribution is -0.127. The molecule has 0 spiro atoms. The van der Waals surface area contributed by atoms with Crippen LogP contribution in [0.4, 0.5) is 0 Å². The van der Waals surface area contributed by atoms with E-state index in [1.807, 2.05) is 115 Å². The van der Waals surface area contributed by atoms with Gasteiger partial charge in [-0.2, -0.15) is 0 Å². The summed E-state index contributed by atoms with van der Waals surface area (Å²) in [6, 6.07) is 40.6. The molecule has 0 aromatic heterocycles. The Kier molecular flexibility index (Phi) is 13.7. The molecule has 3 N–H and O–H groups in total. The van der Waals surface area contributed by atoms with Gasteiger partial charge < -0.3 is 24.1 Å². The van der Waals surface area contributed by atoms with Crippen LogP contribution in [-0.4, -0.2) is 48.8 Å². The number of aliphatic imine (C=N–C) groups is 1. The standard InChI is InChI=1S/C43H44N6O6/c44-49-46-28-37-15-8-7-14-36(37)27-43(31-55-41(47-43)35-17-19-38(20-18-35)52-25-9-24-50)42(51)48-45-23-22-32-16-21-39(53-29-33-10-3-1-4-11-33)40(26-32)54-30-34-12-5-2-6-13-34/h1-8,10-21,26,45,50H,9,22-25,27-31H2,(H,48,51)/t43-/m0/s1. The summed E-state index contributed by atoms with van der Waals surface area (Å²) in [5.74, 6) is 1.91. The van der Waals surface area contributed by atoms with Crippen molar-refractivity contribution < 1.29 is 28.8 Å². The van der Waals surface area contributed by atoms with Crippen LogP contribution in [0.5, 0.6) is 17.2 Å². The lowest BCUT2D eigenvalue weighted by Gasteiger charge is -2.24. The number of carbonyl (C=O) groups excluding carboxylic acids is 1. The monoisotopic (exact) mass is 740 g/mol. The molecule has 1 amide bonds. The van der Waals surface area contributed by atoms with E-state index < -0.39 is 5.54 Å². The summed E-state index contributed by atoms with van der Waals surface area (Å²) in [5, 5.41) is 12.8. The normalized spacial score (nSPS) is 14.6. The van der Waals surface area contributed by atoms with Crippen molar-refractivity contribution in [2.24, 2.45) is 10.1 Å². The molecule has 1 aliphatic rings. The van der Waals surface area contributed by atoms with Crippen molar-refractivity contribution in [1.29, 1.82) is 0 Å². The highest BCUT2D eigenvalue weighted by Crippen LogP contribution is 2.31. The van der Waals surface area contributed by atoms with Gasteiger partial charge in [0.1, 0.15) is 25.6 Å². The number of azide groups is 1. The van der Waals surface area contributed by atoms with Gasteiger partial charge in [0, 0.05) is 36.5 Å². The third-order valence-electron chi connectivity index (χ3n) is 8.99. The Hall–Kier alpha value is -6.33. The van der Waals surface area contributed by atoms with Crippen LogP contribution in [0.1, 0.15) is 39.8 Å². The first-order valence-electron chi connectivity index (χ1n) is 18.2. The highest BCUT2D eigenvalue weighted by Gasteiger charge is 2.45. The van der Waals surface area contributed by atoms with Crippen molar-refractivity contribution in [3.8, 4) is 17.2 Å². The van der Waals surface area contributed by atoms with E-state index in [2.05, 4.69) is 20.9 Å². The molecular weight excluding hydrogens is 697 g/mol. The number of aliphatic hydroxyl groups is 1. The molecule has 55 heavy (non-hydrogen) atoms. The molecule has 12 nitrogen and oxygen atoms in total. The first-order chi connectivity index (χ1) is 27.0. The molecule has 0 saturated carbocycles. The molecule has 0 radical (unpaired) electrons. The minimum atomic E-state index is -1.30. The number of rotatable bonds is 20. The third kappa shape index (κ3) is 10.9. The number of amides is 1. The second-order valence-corrected chi connectivity index (χ2v) is 13.0. The molecule has 0 saturated heterocycles. The lowest BCUT2D eigenvalue weighted by atomic mass is 9.89. The van der Waals surface area contributed by atoms with Gasteiger partial charge >= 0.3 is 0 Å². The molecule has 5 aromatic rings. The maximum atomic E-state index is 14.1. The highest BCUT2D eigenvalue weighted by atomic mass is 16.5. The fourth-order valence-corrected chi connectivity index (χ4v) is 6.01. The van der Waals surface area contributed by atoms with Crippen LogP contribution in [0.2, 0.25) is 0 Å². The minimum absolute atomic E-state index is 0.00695. The maximum Gasteiger partial charge on any atom is 0.266 e. The van der Waals surface area contributed by atoms with Crippen LogP contribution in [-0.2, 0) is 42.1 Å². The van der Waals surface area contributed by atoms with E-state index in [1.165, 1.54) is 0 Å². The lowest BCUT2D eigenvalue weighted by Crippen LogP contribution is -2.53. The summed E-state index contributed by atoms with van der Waals surface area (Å²) < 4.78 is 24.2. The molecule has 0 aliphatic carbocycles. The van der Waals surface area contributed by atoms with Gasteiger partial charge in [-0.3, -0.25) is 10.2 Å². The Bertz CT molecular complexity index is 2070. The fraction of sp³-hybridized carbons (Fsp3) is 0.256. The van der Waals surface area contributed by atoms with E-state index in [1.54, 1.807) is 12.1 Å². The number of aliphatic hydroxyl groups excluding tert-OH is 1. The molecule has 282 valence electrons. The summed E-state index contributed by atoms with van der Waals surface area (Å²) >= 11 is 0. The van der Waals surface area contributed by atoms with Crippen LogP contribution in [0.3, 0.4) is 0 Å². The van der Waals surface area contributed by atoms with E-state index >= 15 is 0 Å². The zero-order valence-electron chi connectivity index (χ0n) is 30.5. The number of carbonyl (C=O) groups is 1. The van der Waals surface area contributed by atoms with Gasteiger partial charge in [0.25, 0.3) is 5.91 Å². The van der Waals surface area contributed by atoms with Crippen LogP contribution >= 0.6 is 0 Å². The Morgan fingerprint density at radius 3 is 2.18 bits per heavy atom. The number of ether oxygens (including phenoxy) is 4. The Morgan fingerprint density at radius 1 is 0.818 bits per heavy atom. The molecule has 0 unspecified atom stereocenters. The Balaban J connectivity index is 1.14. The highest BCUT2D eigenvalue weighted by molar-refractivity contribution is 6.00. The molecule has 0 fully saturated rings. The van der Waals surface area contributed by atoms with Crippen LogP contribution in [0, 0.1) is 0 Å². The van der Waals surface area contributed by atoms with Gasteiger partial charge in [-0.15, -0.1) is 0 Å². The molecule has 0 bridgehead atoms. The maximum absolute atomic E-state index is 14.1. The second kappa shape index (κ2) is 19.7. The molecule has 1 atom stereocenters. The fourth-order valence-electron chi connectivity index (χ4n) is 6.01. The molecule has 5 aromatic carbocycles. The topological polar surface area (TPSA) is 159 Å². The van der Waals surface area contributed by atoms with Crippen molar-refractivity contribution in [2.75, 3.05) is 26.4 Å². The average molecular weight is 741 g/mol. The summed E-state index contributed by atoms with van der Waals surface area (Å²) in [6.45, 7) is 1.83. The van der Waals surface area contributed by atoms with Crippen molar-refractivity contribution in [2.45, 2.75) is 44.6 Å². The van der Waals surface area contributed by atoms with Crippen molar-refractivity contribution >= 4 is 11.8 Å². The number of hydrogen-bond donors (Lipinski definition) is 3. The van der Waals surface area contributed by atoms with E-state index in [-0.39, 0.29) is 32.1 Å². The largest absolute Gasteiger partial charge is 0.494 e. The predicted octanol–water partition coefficient (Wildman–Crippen LogP) is 7.04. The summed E-state index contributed by atoms with van der Waals surface area (Å²) in [6.07, 6.45) is 1.34. The summed E-state index contributed by atoms with van der Waals surface area (Å²) in [5.41, 5.74) is 19.1. The molecule has 12 heteroatoms. The first kappa shape index (κ1) is 38.4. The van der Waals surface area contributed by atoms with Gasteiger partial charge in [0.15, 0.2) is 17.0 Å². The summed E-state index contributed by atoms with van der Waals surface area (Å²) in [7, 11) is 0. The Labute approximate surface area is 320 Å². The first-order valence-corrected chi connectivity index (χ1v) is 18.2. The van der Waals surface area contributed by atoms with E-state index in [9.17, 15) is 4.79 Å². The van der Waals surface area contributed by atoms with Crippen molar-refractivity contribution in [3.05, 3.63) is 171 Å². The molecule has 1 heterocycles. The average Bonchev–Trinajstić information content (AvgIpc) is 3.67. The van der Waals surface area contributed by atoms with Gasteiger partial charge in [-0.25, -0.2) is 10.4 Å². The SMILES string of the molecule is [N-]=[N+]=NCc1ccccc1C[C@@]1(C(=O)NNCCc2ccc(OCc3ccccc3)c(OCc3ccccc3)c2)COC(c2ccc(OCCCO)cc2)=N1. The number of nitrogens with one attached hydrogen (secondary N) is 2. The quantitative estimate of drug-likeness (QED) is 0.0254. The zero-order chi connectivity index (χ0) is 38.1. The molecular formula is C43H44N6O6. The Morgan fingerprint density at radius 2 is 1.49 bits per heavy atom. The van der Waals surface area contributed by atoms with E-state index in [4.69, 9.17) is 34.6 Å². The van der Waals surface area contributed by atoms with Crippen molar-refractivity contribution in [1.82, 2.24) is 10.9 Å². The number of hydrogen-bond acceptors (Lipinski definition) is 9. The van der Waals surface area contributed by atoms with E-state index in [0.29, 0.717) is 67.9 Å². The van der Waals surface area contributed by atoms with Crippen LogP contribution in [0.15, 0.2) is 138 Å². The van der Waals surface area contributed by atoms with Gasteiger partial charge in [0.05, 0.1) is 13.2 Å². The second-order valence-electron chi connectivity index (χ2n) is 13.0. The van der Waals surface area contributed by atoms with Gasteiger partial charge in [0.2, 0.25) is 5.90 Å². The smallest absolute Gasteiger partial charge is 0.266 e. The molecule has 1 aliphatic heterocycles. The van der Waals surface area contributed by atoms with E-state index in [0.717, 1.165) is 27.8 Å². The third-order valence-corrected chi connectivity index (χ3v) is 8.99. The van der Waals surface area contributed by atoms with Crippen LogP contribution in [0.25, 0.3) is 10.4 Å². The van der Waals surface area contributed by atoms with Crippen LogP contribution < -0.4 is 25.1 Å². The molecule has 6 rings (SSSR count). The predicted molar refractivity (Wildman–Crippen MR) is 210 cm³/mol.